The molecule has 2 aromatic heterocycles. The molecule has 92 valence electrons. The van der Waals surface area contributed by atoms with Crippen molar-refractivity contribution in [3.05, 3.63) is 53.5 Å². The molecule has 0 saturated carbocycles. The minimum absolute atomic E-state index is 0.539. The number of hydrogen-bond donors (Lipinski definition) is 1. The lowest BCUT2D eigenvalue weighted by atomic mass is 10.0. The molecule has 0 saturated heterocycles. The number of pyridine rings is 2. The molecule has 0 unspecified atom stereocenters. The maximum absolute atomic E-state index is 5.71. The SMILES string of the molecule is C/C(=C(\C)c1cccc(C)n1)c1ccnc(N)c1. The van der Waals surface area contributed by atoms with E-state index in [1.165, 1.54) is 5.57 Å². The average molecular weight is 239 g/mol. The van der Waals surface area contributed by atoms with Crippen molar-refractivity contribution in [2.24, 2.45) is 0 Å². The van der Waals surface area contributed by atoms with Crippen LogP contribution in [0.1, 0.15) is 30.8 Å². The van der Waals surface area contributed by atoms with E-state index in [1.807, 2.05) is 37.3 Å². The number of aromatic nitrogens is 2. The van der Waals surface area contributed by atoms with E-state index in [-0.39, 0.29) is 0 Å². The minimum atomic E-state index is 0.539. The summed E-state index contributed by atoms with van der Waals surface area (Å²) in [5.41, 5.74) is 11.1. The summed E-state index contributed by atoms with van der Waals surface area (Å²) in [5.74, 6) is 0.539. The molecular formula is C15H17N3. The summed E-state index contributed by atoms with van der Waals surface area (Å²) < 4.78 is 0. The molecule has 0 amide bonds. The van der Waals surface area contributed by atoms with Crippen LogP contribution in [0.15, 0.2) is 36.5 Å². The van der Waals surface area contributed by atoms with Gasteiger partial charge in [0.05, 0.1) is 5.69 Å². The van der Waals surface area contributed by atoms with Crippen LogP contribution in [0.2, 0.25) is 0 Å². The number of allylic oxidation sites excluding steroid dienone is 2. The summed E-state index contributed by atoms with van der Waals surface area (Å²) in [4.78, 5) is 8.55. The van der Waals surface area contributed by atoms with Gasteiger partial charge in [-0.05, 0) is 61.7 Å². The molecular weight excluding hydrogens is 222 g/mol. The van der Waals surface area contributed by atoms with E-state index in [0.29, 0.717) is 5.82 Å². The number of hydrogen-bond acceptors (Lipinski definition) is 3. The van der Waals surface area contributed by atoms with Crippen LogP contribution in [-0.2, 0) is 0 Å². The van der Waals surface area contributed by atoms with Gasteiger partial charge in [-0.25, -0.2) is 4.98 Å². The van der Waals surface area contributed by atoms with Crippen LogP contribution in [0.4, 0.5) is 5.82 Å². The summed E-state index contributed by atoms with van der Waals surface area (Å²) >= 11 is 0. The zero-order chi connectivity index (χ0) is 13.1. The molecule has 0 radical (unpaired) electrons. The van der Waals surface area contributed by atoms with Crippen LogP contribution >= 0.6 is 0 Å². The van der Waals surface area contributed by atoms with Crippen LogP contribution < -0.4 is 5.73 Å². The van der Waals surface area contributed by atoms with Crippen LogP contribution in [0, 0.1) is 6.92 Å². The van der Waals surface area contributed by atoms with Crippen molar-refractivity contribution >= 4 is 17.0 Å². The molecule has 3 heteroatoms. The van der Waals surface area contributed by atoms with Gasteiger partial charge in [-0.2, -0.15) is 0 Å². The Kier molecular flexibility index (Phi) is 3.42. The highest BCUT2D eigenvalue weighted by atomic mass is 14.8. The monoisotopic (exact) mass is 239 g/mol. The van der Waals surface area contributed by atoms with Gasteiger partial charge in [0.1, 0.15) is 5.82 Å². The molecule has 0 aliphatic carbocycles. The van der Waals surface area contributed by atoms with Gasteiger partial charge in [0, 0.05) is 11.9 Å². The number of anilines is 1. The molecule has 2 aromatic rings. The third-order valence-corrected chi connectivity index (χ3v) is 3.05. The van der Waals surface area contributed by atoms with Gasteiger partial charge >= 0.3 is 0 Å². The predicted octanol–water partition coefficient (Wildman–Crippen LogP) is 3.32. The smallest absolute Gasteiger partial charge is 0.123 e. The molecule has 0 bridgehead atoms. The predicted molar refractivity (Wildman–Crippen MR) is 75.8 cm³/mol. The summed E-state index contributed by atoms with van der Waals surface area (Å²) in [5, 5.41) is 0. The van der Waals surface area contributed by atoms with E-state index in [4.69, 9.17) is 5.73 Å². The highest BCUT2D eigenvalue weighted by Crippen LogP contribution is 2.24. The summed E-state index contributed by atoms with van der Waals surface area (Å²) in [6.07, 6.45) is 1.73. The van der Waals surface area contributed by atoms with Crippen molar-refractivity contribution in [2.75, 3.05) is 5.73 Å². The summed E-state index contributed by atoms with van der Waals surface area (Å²) in [7, 11) is 0. The third kappa shape index (κ3) is 2.56. The van der Waals surface area contributed by atoms with E-state index >= 15 is 0 Å². The largest absolute Gasteiger partial charge is 0.384 e. The number of rotatable bonds is 2. The van der Waals surface area contributed by atoms with Gasteiger partial charge in [0.15, 0.2) is 0 Å². The third-order valence-electron chi connectivity index (χ3n) is 3.05. The standard InChI is InChI=1S/C15H17N3/c1-10-5-4-6-14(18-10)12(3)11(2)13-7-8-17-15(16)9-13/h4-9H,1-3H3,(H2,16,17)/b12-11-. The van der Waals surface area contributed by atoms with Gasteiger partial charge in [-0.3, -0.25) is 4.98 Å². The van der Waals surface area contributed by atoms with Crippen LogP contribution in [0.25, 0.3) is 11.1 Å². The first-order chi connectivity index (χ1) is 8.58. The van der Waals surface area contributed by atoms with Crippen LogP contribution in [0.3, 0.4) is 0 Å². The lowest BCUT2D eigenvalue weighted by Crippen LogP contribution is -1.94. The van der Waals surface area contributed by atoms with Crippen LogP contribution in [0.5, 0.6) is 0 Å². The zero-order valence-electron chi connectivity index (χ0n) is 10.9. The Morgan fingerprint density at radius 2 is 1.89 bits per heavy atom. The Morgan fingerprint density at radius 1 is 1.11 bits per heavy atom. The van der Waals surface area contributed by atoms with E-state index in [9.17, 15) is 0 Å². The highest BCUT2D eigenvalue weighted by molar-refractivity contribution is 5.88. The normalized spacial score (nSPS) is 12.2. The maximum Gasteiger partial charge on any atom is 0.123 e. The quantitative estimate of drug-likeness (QED) is 0.874. The number of nitrogen functional groups attached to an aromatic ring is 1. The topological polar surface area (TPSA) is 51.8 Å². The number of nitrogens with zero attached hydrogens (tertiary/aromatic N) is 2. The molecule has 0 aliphatic heterocycles. The molecule has 0 atom stereocenters. The first kappa shape index (κ1) is 12.3. The molecule has 18 heavy (non-hydrogen) atoms. The van der Waals surface area contributed by atoms with Gasteiger partial charge in [0.25, 0.3) is 0 Å². The Bertz CT molecular complexity index is 547. The molecule has 0 spiro atoms. The fourth-order valence-corrected chi connectivity index (χ4v) is 1.84. The maximum atomic E-state index is 5.71. The van der Waals surface area contributed by atoms with Gasteiger partial charge in [0.2, 0.25) is 0 Å². The molecule has 0 aromatic carbocycles. The number of nitrogens with two attached hydrogens (primary N) is 1. The van der Waals surface area contributed by atoms with Crippen molar-refractivity contribution in [3.63, 3.8) is 0 Å². The van der Waals surface area contributed by atoms with Crippen molar-refractivity contribution in [3.8, 4) is 0 Å². The van der Waals surface area contributed by atoms with E-state index in [1.54, 1.807) is 6.20 Å². The molecule has 3 nitrogen and oxygen atoms in total. The molecule has 2 heterocycles. The van der Waals surface area contributed by atoms with Gasteiger partial charge in [-0.1, -0.05) is 6.07 Å². The molecule has 2 N–H and O–H groups in total. The first-order valence-electron chi connectivity index (χ1n) is 5.91. The molecule has 0 fully saturated rings. The molecule has 0 aliphatic rings. The summed E-state index contributed by atoms with van der Waals surface area (Å²) in [6, 6.07) is 9.89. The van der Waals surface area contributed by atoms with Crippen molar-refractivity contribution in [1.29, 1.82) is 0 Å². The van der Waals surface area contributed by atoms with Gasteiger partial charge < -0.3 is 5.73 Å². The minimum Gasteiger partial charge on any atom is -0.384 e. The van der Waals surface area contributed by atoms with E-state index in [0.717, 1.165) is 22.5 Å². The highest BCUT2D eigenvalue weighted by Gasteiger charge is 2.05. The fraction of sp³-hybridized carbons (Fsp3) is 0.200. The second-order valence-electron chi connectivity index (χ2n) is 4.38. The van der Waals surface area contributed by atoms with Crippen molar-refractivity contribution in [1.82, 2.24) is 9.97 Å². The Balaban J connectivity index is 2.47. The zero-order valence-corrected chi connectivity index (χ0v) is 10.9. The Hall–Kier alpha value is -2.16. The lowest BCUT2D eigenvalue weighted by Gasteiger charge is -2.09. The van der Waals surface area contributed by atoms with Crippen LogP contribution in [-0.4, -0.2) is 9.97 Å². The average Bonchev–Trinajstić information content (AvgIpc) is 2.37. The lowest BCUT2D eigenvalue weighted by molar-refractivity contribution is 1.17. The summed E-state index contributed by atoms with van der Waals surface area (Å²) in [6.45, 7) is 6.15. The van der Waals surface area contributed by atoms with Gasteiger partial charge in [-0.15, -0.1) is 0 Å². The number of aryl methyl sites for hydroxylation is 1. The Labute approximate surface area is 107 Å². The van der Waals surface area contributed by atoms with E-state index in [2.05, 4.69) is 23.8 Å². The fourth-order valence-electron chi connectivity index (χ4n) is 1.84. The van der Waals surface area contributed by atoms with Crippen molar-refractivity contribution in [2.45, 2.75) is 20.8 Å². The first-order valence-corrected chi connectivity index (χ1v) is 5.91. The van der Waals surface area contributed by atoms with Crippen molar-refractivity contribution < 1.29 is 0 Å². The van der Waals surface area contributed by atoms with E-state index < -0.39 is 0 Å². The molecule has 2 rings (SSSR count). The second kappa shape index (κ2) is 5.00. The Morgan fingerprint density at radius 3 is 2.56 bits per heavy atom. The second-order valence-corrected chi connectivity index (χ2v) is 4.38.